The summed E-state index contributed by atoms with van der Waals surface area (Å²) in [5, 5.41) is 10.7. The minimum Gasteiger partial charge on any atom is -0.385 e. The van der Waals surface area contributed by atoms with Crippen LogP contribution >= 0.6 is 0 Å². The second-order valence-corrected chi connectivity index (χ2v) is 6.56. The number of carbonyl (C=O) groups excluding carboxylic acids is 1. The van der Waals surface area contributed by atoms with Crippen LogP contribution in [0.3, 0.4) is 0 Å². The molecule has 0 spiro atoms. The van der Waals surface area contributed by atoms with E-state index in [1.165, 1.54) is 0 Å². The van der Waals surface area contributed by atoms with E-state index in [2.05, 4.69) is 12.2 Å². The number of benzene rings is 1. The molecular formula is C17H16O3. The Balaban J connectivity index is 1.54. The normalized spacial score (nSPS) is 48.2. The molecule has 1 aliphatic heterocycles. The van der Waals surface area contributed by atoms with Gasteiger partial charge in [-0.05, 0) is 23.8 Å². The fourth-order valence-corrected chi connectivity index (χ4v) is 4.88. The molecule has 0 amide bonds. The first-order valence-corrected chi connectivity index (χ1v) is 7.37. The summed E-state index contributed by atoms with van der Waals surface area (Å²) < 4.78 is 5.80. The summed E-state index contributed by atoms with van der Waals surface area (Å²) in [5.74, 6) is 1.39. The van der Waals surface area contributed by atoms with Crippen LogP contribution < -0.4 is 0 Å². The van der Waals surface area contributed by atoms with Gasteiger partial charge < -0.3 is 9.84 Å². The van der Waals surface area contributed by atoms with Gasteiger partial charge in [0.15, 0.2) is 11.4 Å². The van der Waals surface area contributed by atoms with E-state index < -0.39 is 11.7 Å². The Morgan fingerprint density at radius 1 is 1.20 bits per heavy atom. The highest BCUT2D eigenvalue weighted by atomic mass is 16.6. The van der Waals surface area contributed by atoms with Crippen LogP contribution in [0.5, 0.6) is 0 Å². The predicted octanol–water partition coefficient (Wildman–Crippen LogP) is 1.88. The molecule has 1 aromatic carbocycles. The van der Waals surface area contributed by atoms with Crippen molar-refractivity contribution in [1.82, 2.24) is 0 Å². The fraction of sp³-hybridized carbons (Fsp3) is 0.471. The largest absolute Gasteiger partial charge is 0.385 e. The Hall–Kier alpha value is -1.45. The molecule has 7 atom stereocenters. The predicted molar refractivity (Wildman–Crippen MR) is 71.7 cm³/mol. The van der Waals surface area contributed by atoms with Crippen molar-refractivity contribution < 1.29 is 14.6 Å². The highest BCUT2D eigenvalue weighted by Crippen LogP contribution is 2.67. The molecule has 1 N–H and O–H groups in total. The van der Waals surface area contributed by atoms with E-state index in [4.69, 9.17) is 4.74 Å². The van der Waals surface area contributed by atoms with Crippen LogP contribution in [0.2, 0.25) is 0 Å². The van der Waals surface area contributed by atoms with Gasteiger partial charge in [-0.3, -0.25) is 4.79 Å². The summed E-state index contributed by atoms with van der Waals surface area (Å²) in [6.07, 6.45) is 4.63. The molecular weight excluding hydrogens is 252 g/mol. The molecule has 3 heteroatoms. The van der Waals surface area contributed by atoms with Crippen molar-refractivity contribution in [1.29, 1.82) is 0 Å². The van der Waals surface area contributed by atoms with E-state index >= 15 is 0 Å². The molecule has 2 saturated carbocycles. The molecule has 1 aromatic rings. The number of aliphatic hydroxyl groups is 1. The lowest BCUT2D eigenvalue weighted by atomic mass is 9.84. The van der Waals surface area contributed by atoms with Crippen LogP contribution in [0.4, 0.5) is 0 Å². The van der Waals surface area contributed by atoms with Crippen molar-refractivity contribution in [2.75, 3.05) is 0 Å². The van der Waals surface area contributed by atoms with Gasteiger partial charge in [0.2, 0.25) is 0 Å². The van der Waals surface area contributed by atoms with Crippen molar-refractivity contribution in [3.63, 3.8) is 0 Å². The molecule has 20 heavy (non-hydrogen) atoms. The number of ketones is 1. The first-order valence-electron chi connectivity index (χ1n) is 7.37. The molecule has 2 bridgehead atoms. The summed E-state index contributed by atoms with van der Waals surface area (Å²) in [6.45, 7) is 0. The van der Waals surface area contributed by atoms with Crippen molar-refractivity contribution in [3.05, 3.63) is 48.0 Å². The zero-order chi connectivity index (χ0) is 13.5. The fourth-order valence-electron chi connectivity index (χ4n) is 4.88. The molecule has 3 nitrogen and oxygen atoms in total. The molecule has 4 aliphatic rings. The maximum Gasteiger partial charge on any atom is 0.183 e. The third-order valence-electron chi connectivity index (χ3n) is 5.77. The van der Waals surface area contributed by atoms with Crippen molar-refractivity contribution in [3.8, 4) is 0 Å². The number of allylic oxidation sites excluding steroid dienone is 2. The quantitative estimate of drug-likeness (QED) is 0.658. The minimum absolute atomic E-state index is 0.0739. The monoisotopic (exact) mass is 268 g/mol. The highest BCUT2D eigenvalue weighted by Gasteiger charge is 2.80. The minimum atomic E-state index is -0.945. The first-order chi connectivity index (χ1) is 9.73. The number of fused-ring (bicyclic) bond motifs is 7. The maximum absolute atomic E-state index is 12.8. The molecule has 3 aliphatic carbocycles. The van der Waals surface area contributed by atoms with Crippen LogP contribution in [0.1, 0.15) is 18.1 Å². The number of aliphatic hydroxyl groups excluding tert-OH is 1. The molecule has 1 saturated heterocycles. The number of ether oxygens (including phenoxy) is 1. The Morgan fingerprint density at radius 2 is 1.95 bits per heavy atom. The molecule has 102 valence electrons. The zero-order valence-electron chi connectivity index (χ0n) is 11.0. The SMILES string of the molecule is O=C1[C@@H]2[C@@H]([C@@H]3C=C[C@H]2C3)[C@@H]2O[C@]12[C@H](O)c1ccccc1. The van der Waals surface area contributed by atoms with Crippen LogP contribution in [-0.2, 0) is 9.53 Å². The van der Waals surface area contributed by atoms with Gasteiger partial charge in [-0.1, -0.05) is 42.5 Å². The topological polar surface area (TPSA) is 49.8 Å². The van der Waals surface area contributed by atoms with Crippen LogP contribution in [0.15, 0.2) is 42.5 Å². The van der Waals surface area contributed by atoms with Gasteiger partial charge in [0.1, 0.15) is 12.2 Å². The Morgan fingerprint density at radius 3 is 2.70 bits per heavy atom. The van der Waals surface area contributed by atoms with E-state index in [-0.39, 0.29) is 17.8 Å². The van der Waals surface area contributed by atoms with E-state index in [0.29, 0.717) is 17.8 Å². The van der Waals surface area contributed by atoms with Crippen LogP contribution in [0.25, 0.3) is 0 Å². The zero-order valence-corrected chi connectivity index (χ0v) is 11.0. The van der Waals surface area contributed by atoms with E-state index in [1.54, 1.807) is 0 Å². The third-order valence-corrected chi connectivity index (χ3v) is 5.77. The van der Waals surface area contributed by atoms with Gasteiger partial charge in [0, 0.05) is 11.8 Å². The number of epoxide rings is 1. The standard InChI is InChI=1S/C17H16O3/c18-14(9-4-2-1-3-5-9)17-15(19)12-10-6-7-11(8-10)13(12)16(17)20-17/h1-7,10-14,16,18H,8H2/t10-,11+,12-,13+,14+,16-,17+/m0/s1. The molecule has 0 radical (unpaired) electrons. The van der Waals surface area contributed by atoms with Gasteiger partial charge >= 0.3 is 0 Å². The van der Waals surface area contributed by atoms with Gasteiger partial charge in [-0.25, -0.2) is 0 Å². The average molecular weight is 268 g/mol. The van der Waals surface area contributed by atoms with E-state index in [9.17, 15) is 9.90 Å². The molecule has 0 aromatic heterocycles. The lowest BCUT2D eigenvalue weighted by Crippen LogP contribution is -2.35. The van der Waals surface area contributed by atoms with Crippen LogP contribution in [-0.4, -0.2) is 22.6 Å². The van der Waals surface area contributed by atoms with Gasteiger partial charge in [-0.15, -0.1) is 0 Å². The van der Waals surface area contributed by atoms with Gasteiger partial charge in [-0.2, -0.15) is 0 Å². The highest BCUT2D eigenvalue weighted by molar-refractivity contribution is 5.98. The summed E-state index contributed by atoms with van der Waals surface area (Å²) in [7, 11) is 0. The van der Waals surface area contributed by atoms with Crippen molar-refractivity contribution in [2.45, 2.75) is 24.2 Å². The first kappa shape index (κ1) is 11.2. The second-order valence-electron chi connectivity index (χ2n) is 6.56. The van der Waals surface area contributed by atoms with E-state index in [0.717, 1.165) is 12.0 Å². The van der Waals surface area contributed by atoms with Crippen molar-refractivity contribution in [2.24, 2.45) is 23.7 Å². The smallest absolute Gasteiger partial charge is 0.183 e. The molecule has 5 rings (SSSR count). The van der Waals surface area contributed by atoms with Gasteiger partial charge in [0.05, 0.1) is 0 Å². The lowest BCUT2D eigenvalue weighted by Gasteiger charge is -2.23. The lowest BCUT2D eigenvalue weighted by molar-refractivity contribution is -0.133. The maximum atomic E-state index is 12.8. The molecule has 0 unspecified atom stereocenters. The average Bonchev–Trinajstić information content (AvgIpc) is 2.80. The number of rotatable bonds is 2. The summed E-state index contributed by atoms with van der Waals surface area (Å²) in [4.78, 5) is 12.8. The summed E-state index contributed by atoms with van der Waals surface area (Å²) in [5.41, 5.74) is -0.164. The Kier molecular flexibility index (Phi) is 1.92. The Bertz CT molecular complexity index is 622. The Labute approximate surface area is 117 Å². The third kappa shape index (κ3) is 1.09. The number of hydrogen-bond acceptors (Lipinski definition) is 3. The van der Waals surface area contributed by atoms with Gasteiger partial charge in [0.25, 0.3) is 0 Å². The second kappa shape index (κ2) is 3.41. The molecule has 3 fully saturated rings. The van der Waals surface area contributed by atoms with E-state index in [1.807, 2.05) is 30.3 Å². The number of Topliss-reactive ketones (excluding diaryl/α,β-unsaturated/α-hetero) is 1. The number of carbonyl (C=O) groups is 1. The molecule has 1 heterocycles. The van der Waals surface area contributed by atoms with Crippen LogP contribution in [0, 0.1) is 23.7 Å². The van der Waals surface area contributed by atoms with Crippen molar-refractivity contribution >= 4 is 5.78 Å². The summed E-state index contributed by atoms with van der Waals surface area (Å²) in [6, 6.07) is 9.42. The summed E-state index contributed by atoms with van der Waals surface area (Å²) >= 11 is 0. The number of hydrogen-bond donors (Lipinski definition) is 1.